The molecule has 1 atom stereocenters. The normalized spacial score (nSPS) is 19.8. The topological polar surface area (TPSA) is 69.6 Å². The van der Waals surface area contributed by atoms with Crippen LogP contribution >= 0.6 is 23.1 Å². The SMILES string of the molecule is CCCCN1CCC(O)N(c2nnc(SCC)s2)C1=O. The fourth-order valence-corrected chi connectivity index (χ4v) is 3.80. The highest BCUT2D eigenvalue weighted by molar-refractivity contribution is 8.01. The van der Waals surface area contributed by atoms with Gasteiger partial charge in [-0.1, -0.05) is 43.4 Å². The molecular formula is C12H20N4O2S2. The van der Waals surface area contributed by atoms with Gasteiger partial charge in [-0.05, 0) is 12.2 Å². The summed E-state index contributed by atoms with van der Waals surface area (Å²) in [5.74, 6) is 0.910. The Morgan fingerprint density at radius 3 is 2.95 bits per heavy atom. The average molecular weight is 316 g/mol. The van der Waals surface area contributed by atoms with Crippen molar-refractivity contribution in [2.45, 2.75) is 43.7 Å². The summed E-state index contributed by atoms with van der Waals surface area (Å²) in [5, 5.41) is 18.7. The van der Waals surface area contributed by atoms with Crippen molar-refractivity contribution in [3.8, 4) is 0 Å². The van der Waals surface area contributed by atoms with Crippen LogP contribution in [0.2, 0.25) is 0 Å². The van der Waals surface area contributed by atoms with Crippen LogP contribution in [-0.4, -0.2) is 51.3 Å². The number of unbranched alkanes of at least 4 members (excludes halogenated alkanes) is 1. The lowest BCUT2D eigenvalue weighted by Gasteiger charge is -2.37. The van der Waals surface area contributed by atoms with E-state index in [2.05, 4.69) is 17.1 Å². The number of anilines is 1. The summed E-state index contributed by atoms with van der Waals surface area (Å²) < 4.78 is 0.827. The standard InChI is InChI=1S/C12H20N4O2S2/c1-3-5-7-15-8-6-9(17)16(12(15)18)10-13-14-11(20-10)19-4-2/h9,17H,3-8H2,1-2H3. The first kappa shape index (κ1) is 15.5. The van der Waals surface area contributed by atoms with Crippen molar-refractivity contribution in [2.24, 2.45) is 0 Å². The summed E-state index contributed by atoms with van der Waals surface area (Å²) in [6, 6.07) is -0.165. The van der Waals surface area contributed by atoms with Gasteiger partial charge in [0.05, 0.1) is 0 Å². The highest BCUT2D eigenvalue weighted by Crippen LogP contribution is 2.31. The van der Waals surface area contributed by atoms with Gasteiger partial charge in [-0.2, -0.15) is 0 Å². The van der Waals surface area contributed by atoms with E-state index in [-0.39, 0.29) is 6.03 Å². The molecule has 0 spiro atoms. The zero-order valence-corrected chi connectivity index (χ0v) is 13.4. The first-order chi connectivity index (χ1) is 9.67. The first-order valence-corrected chi connectivity index (χ1v) is 8.70. The summed E-state index contributed by atoms with van der Waals surface area (Å²) in [6.07, 6.45) is 1.77. The van der Waals surface area contributed by atoms with Gasteiger partial charge in [-0.25, -0.2) is 9.69 Å². The Bertz CT molecular complexity index is 452. The molecule has 0 aliphatic carbocycles. The molecular weight excluding hydrogens is 296 g/mol. The number of carbonyl (C=O) groups is 1. The lowest BCUT2D eigenvalue weighted by Crippen LogP contribution is -2.54. The number of aliphatic hydroxyl groups excluding tert-OH is 1. The van der Waals surface area contributed by atoms with Crippen LogP contribution < -0.4 is 4.90 Å². The van der Waals surface area contributed by atoms with E-state index >= 15 is 0 Å². The maximum absolute atomic E-state index is 12.4. The van der Waals surface area contributed by atoms with Crippen molar-refractivity contribution in [1.82, 2.24) is 15.1 Å². The number of amides is 2. The summed E-state index contributed by atoms with van der Waals surface area (Å²) in [4.78, 5) is 15.6. The van der Waals surface area contributed by atoms with Crippen molar-refractivity contribution in [3.63, 3.8) is 0 Å². The molecule has 8 heteroatoms. The second-order valence-corrected chi connectivity index (χ2v) is 7.01. The minimum atomic E-state index is -0.798. The Morgan fingerprint density at radius 1 is 1.45 bits per heavy atom. The van der Waals surface area contributed by atoms with Crippen molar-refractivity contribution >= 4 is 34.3 Å². The van der Waals surface area contributed by atoms with E-state index < -0.39 is 6.23 Å². The molecule has 1 N–H and O–H groups in total. The van der Waals surface area contributed by atoms with Crippen LogP contribution in [0.25, 0.3) is 0 Å². The monoisotopic (exact) mass is 316 g/mol. The molecule has 1 aromatic heterocycles. The van der Waals surface area contributed by atoms with Gasteiger partial charge < -0.3 is 10.0 Å². The molecule has 1 saturated heterocycles. The van der Waals surface area contributed by atoms with E-state index in [0.717, 1.165) is 29.5 Å². The van der Waals surface area contributed by atoms with Gasteiger partial charge in [-0.15, -0.1) is 10.2 Å². The maximum Gasteiger partial charge on any atom is 0.328 e. The number of carbonyl (C=O) groups excluding carboxylic acids is 1. The van der Waals surface area contributed by atoms with E-state index in [1.165, 1.54) is 16.2 Å². The molecule has 112 valence electrons. The Hall–Kier alpha value is -0.860. The molecule has 0 saturated carbocycles. The van der Waals surface area contributed by atoms with Crippen LogP contribution in [0.15, 0.2) is 4.34 Å². The summed E-state index contributed by atoms with van der Waals surface area (Å²) >= 11 is 2.95. The molecule has 2 amide bonds. The third-order valence-electron chi connectivity index (χ3n) is 3.08. The molecule has 20 heavy (non-hydrogen) atoms. The van der Waals surface area contributed by atoms with Gasteiger partial charge >= 0.3 is 6.03 Å². The maximum atomic E-state index is 12.4. The Balaban J connectivity index is 2.11. The van der Waals surface area contributed by atoms with Crippen molar-refractivity contribution in [1.29, 1.82) is 0 Å². The van der Waals surface area contributed by atoms with E-state index in [4.69, 9.17) is 0 Å². The predicted octanol–water partition coefficient (Wildman–Crippen LogP) is 2.40. The van der Waals surface area contributed by atoms with Crippen molar-refractivity contribution in [3.05, 3.63) is 0 Å². The quantitative estimate of drug-likeness (QED) is 0.644. The van der Waals surface area contributed by atoms with Crippen LogP contribution in [0.3, 0.4) is 0 Å². The fourth-order valence-electron chi connectivity index (χ4n) is 2.02. The van der Waals surface area contributed by atoms with E-state index in [0.29, 0.717) is 18.1 Å². The predicted molar refractivity (Wildman–Crippen MR) is 81.3 cm³/mol. The van der Waals surface area contributed by atoms with Gasteiger partial charge in [-0.3, -0.25) is 0 Å². The van der Waals surface area contributed by atoms with E-state index in [1.807, 2.05) is 6.92 Å². The first-order valence-electron chi connectivity index (χ1n) is 6.89. The zero-order chi connectivity index (χ0) is 14.5. The summed E-state index contributed by atoms with van der Waals surface area (Å²) in [7, 11) is 0. The number of nitrogens with zero attached hydrogens (tertiary/aromatic N) is 4. The fraction of sp³-hybridized carbons (Fsp3) is 0.750. The molecule has 1 fully saturated rings. The highest BCUT2D eigenvalue weighted by Gasteiger charge is 2.35. The lowest BCUT2D eigenvalue weighted by atomic mass is 10.2. The molecule has 1 unspecified atom stereocenters. The highest BCUT2D eigenvalue weighted by atomic mass is 32.2. The average Bonchev–Trinajstić information content (AvgIpc) is 2.87. The molecule has 1 aromatic rings. The lowest BCUT2D eigenvalue weighted by molar-refractivity contribution is 0.108. The second kappa shape index (κ2) is 7.24. The van der Waals surface area contributed by atoms with Crippen LogP contribution in [0.5, 0.6) is 0 Å². The smallest absolute Gasteiger partial charge is 0.328 e. The summed E-state index contributed by atoms with van der Waals surface area (Å²) in [5.41, 5.74) is 0. The van der Waals surface area contributed by atoms with E-state index in [1.54, 1.807) is 16.7 Å². The largest absolute Gasteiger partial charge is 0.373 e. The molecule has 1 aliphatic rings. The van der Waals surface area contributed by atoms with Gasteiger partial charge in [0.25, 0.3) is 0 Å². The molecule has 0 radical (unpaired) electrons. The van der Waals surface area contributed by atoms with Crippen LogP contribution in [-0.2, 0) is 0 Å². The minimum absolute atomic E-state index is 0.165. The number of aromatic nitrogens is 2. The van der Waals surface area contributed by atoms with Crippen LogP contribution in [0, 0.1) is 0 Å². The second-order valence-electron chi connectivity index (χ2n) is 4.55. The van der Waals surface area contributed by atoms with Gasteiger partial charge in [0, 0.05) is 19.5 Å². The Morgan fingerprint density at radius 2 is 2.25 bits per heavy atom. The van der Waals surface area contributed by atoms with Gasteiger partial charge in [0.15, 0.2) is 4.34 Å². The Labute approximate surface area is 127 Å². The molecule has 2 rings (SSSR count). The third kappa shape index (κ3) is 3.42. The van der Waals surface area contributed by atoms with Crippen molar-refractivity contribution < 1.29 is 9.90 Å². The van der Waals surface area contributed by atoms with Crippen LogP contribution in [0.1, 0.15) is 33.1 Å². The minimum Gasteiger partial charge on any atom is -0.373 e. The number of urea groups is 1. The van der Waals surface area contributed by atoms with Gasteiger partial charge in [0.1, 0.15) is 6.23 Å². The molecule has 2 heterocycles. The summed E-state index contributed by atoms with van der Waals surface area (Å²) in [6.45, 7) is 5.47. The third-order valence-corrected chi connectivity index (χ3v) is 5.02. The molecule has 1 aliphatic heterocycles. The number of aliphatic hydroxyl groups is 1. The Kier molecular flexibility index (Phi) is 5.62. The van der Waals surface area contributed by atoms with Crippen LogP contribution in [0.4, 0.5) is 9.93 Å². The van der Waals surface area contributed by atoms with E-state index in [9.17, 15) is 9.90 Å². The van der Waals surface area contributed by atoms with Crippen molar-refractivity contribution in [2.75, 3.05) is 23.7 Å². The number of hydrogen-bond acceptors (Lipinski definition) is 6. The number of thioether (sulfide) groups is 1. The number of rotatable bonds is 6. The zero-order valence-electron chi connectivity index (χ0n) is 11.8. The molecule has 0 bridgehead atoms. The molecule has 0 aromatic carbocycles. The number of hydrogen-bond donors (Lipinski definition) is 1. The van der Waals surface area contributed by atoms with Gasteiger partial charge in [0.2, 0.25) is 5.13 Å². The molecule has 6 nitrogen and oxygen atoms in total.